The van der Waals surface area contributed by atoms with E-state index in [9.17, 15) is 0 Å². The van der Waals surface area contributed by atoms with Crippen molar-refractivity contribution in [3.05, 3.63) is 0 Å². The van der Waals surface area contributed by atoms with Gasteiger partial charge in [0, 0.05) is 0 Å². The molecule has 0 rings (SSSR count). The van der Waals surface area contributed by atoms with Gasteiger partial charge in [0.05, 0.1) is 11.9 Å². The average Bonchev–Trinajstić information content (AvgIpc) is 2.31. The first-order valence-electron chi connectivity index (χ1n) is 6.52. The summed E-state index contributed by atoms with van der Waals surface area (Å²) in [5, 5.41) is 0. The minimum Gasteiger partial charge on any atom is -0.295 e. The summed E-state index contributed by atoms with van der Waals surface area (Å²) in [5.74, 6) is 1.04. The summed E-state index contributed by atoms with van der Waals surface area (Å²) in [7, 11) is 0. The van der Waals surface area contributed by atoms with Crippen molar-refractivity contribution >= 4 is 11.9 Å². The summed E-state index contributed by atoms with van der Waals surface area (Å²) in [4.78, 5) is 0. The fourth-order valence-electron chi connectivity index (χ4n) is 1.91. The molecular weight excluding hydrogens is 208 g/mol. The molecule has 0 radical (unpaired) electrons. The number of hydrogen-bond acceptors (Lipinski definition) is 1. The van der Waals surface area contributed by atoms with Gasteiger partial charge in [0.1, 0.15) is 0 Å². The molecule has 0 aromatic rings. The van der Waals surface area contributed by atoms with E-state index in [2.05, 4.69) is 32.6 Å². The largest absolute Gasteiger partial charge is 0.295 e. The zero-order valence-electron chi connectivity index (χ0n) is 10.8. The first-order chi connectivity index (χ1) is 7.35. The average molecular weight is 237 g/mol. The van der Waals surface area contributed by atoms with E-state index >= 15 is 0 Å². The van der Waals surface area contributed by atoms with Gasteiger partial charge in [0.2, 0.25) is 0 Å². The van der Waals surface area contributed by atoms with Crippen LogP contribution in [-0.4, -0.2) is 4.66 Å². The Balaban J connectivity index is 0. The van der Waals surface area contributed by atoms with Crippen LogP contribution in [0.2, 0.25) is 0 Å². The van der Waals surface area contributed by atoms with E-state index in [0.717, 1.165) is 5.92 Å². The van der Waals surface area contributed by atoms with Gasteiger partial charge in [-0.25, -0.2) is 0 Å². The predicted molar refractivity (Wildman–Crippen MR) is 70.1 cm³/mol. The summed E-state index contributed by atoms with van der Waals surface area (Å²) in [5.41, 5.74) is 0. The van der Waals surface area contributed by atoms with Crippen LogP contribution in [-0.2, 0) is 0 Å². The molecule has 1 nitrogen and oxygen atoms in total. The van der Waals surface area contributed by atoms with Gasteiger partial charge >= 0.3 is 0 Å². The lowest BCUT2D eigenvalue weighted by atomic mass is 9.91. The Morgan fingerprint density at radius 1 is 0.733 bits per heavy atom. The molecule has 0 fully saturated rings. The Hall–Kier alpha value is 0.250. The first kappa shape index (κ1) is 17.6. The monoisotopic (exact) mass is 236 g/mol. The van der Waals surface area contributed by atoms with Crippen molar-refractivity contribution in [3.63, 3.8) is 0 Å². The molecule has 0 bridgehead atoms. The van der Waals surface area contributed by atoms with Gasteiger partial charge in [0.15, 0.2) is 0 Å². The second-order valence-corrected chi connectivity index (χ2v) is 4.29. The van der Waals surface area contributed by atoms with E-state index in [4.69, 9.17) is 4.66 Å². The van der Waals surface area contributed by atoms with E-state index in [1.54, 1.807) is 0 Å². The summed E-state index contributed by atoms with van der Waals surface area (Å²) in [6.07, 6.45) is 12.9. The third-order valence-electron chi connectivity index (χ3n) is 2.90. The molecule has 0 aliphatic rings. The van der Waals surface area contributed by atoms with Crippen molar-refractivity contribution in [2.75, 3.05) is 0 Å². The van der Waals surface area contributed by atoms with E-state index in [-0.39, 0.29) is 0 Å². The summed E-state index contributed by atoms with van der Waals surface area (Å²) < 4.78 is 6.47. The minimum absolute atomic E-state index is 1.04. The molecule has 0 spiro atoms. The molecule has 2 heteroatoms. The number of unbranched alkanes of at least 4 members (excludes halogenated alkanes) is 3. The molecule has 15 heavy (non-hydrogen) atoms. The van der Waals surface area contributed by atoms with Crippen LogP contribution < -0.4 is 0 Å². The molecule has 94 valence electrons. The Bertz CT molecular complexity index is 77.5. The van der Waals surface area contributed by atoms with Gasteiger partial charge in [-0.2, -0.15) is 0 Å². The maximum absolute atomic E-state index is 6.47. The van der Waals surface area contributed by atoms with Crippen molar-refractivity contribution in [3.8, 4) is 0 Å². The van der Waals surface area contributed by atoms with Gasteiger partial charge in [0.25, 0.3) is 0 Å². The van der Waals surface area contributed by atoms with Crippen LogP contribution in [0.15, 0.2) is 0 Å². The van der Waals surface area contributed by atoms with Crippen LogP contribution in [0.4, 0.5) is 0 Å². The third-order valence-corrected chi connectivity index (χ3v) is 2.90. The van der Waals surface area contributed by atoms with Crippen LogP contribution in [0.5, 0.6) is 0 Å². The minimum atomic E-state index is 1.04. The molecular formula is C13H29ClO. The SMILES string of the molecule is CCCCC(CCCC)CCCC.OCl. The Labute approximate surface area is 101 Å². The lowest BCUT2D eigenvalue weighted by molar-refractivity contribution is 0.382. The van der Waals surface area contributed by atoms with Gasteiger partial charge in [-0.05, 0) is 5.92 Å². The molecule has 0 aliphatic heterocycles. The normalized spacial score (nSPS) is 10.0. The predicted octanol–water partition coefficient (Wildman–Crippen LogP) is 5.31. The number of rotatable bonds is 9. The molecule has 0 amide bonds. The fourth-order valence-corrected chi connectivity index (χ4v) is 1.91. The van der Waals surface area contributed by atoms with Crippen LogP contribution in [0, 0.1) is 5.92 Å². The van der Waals surface area contributed by atoms with Crippen molar-refractivity contribution in [2.24, 2.45) is 5.92 Å². The molecule has 0 aromatic carbocycles. The van der Waals surface area contributed by atoms with Crippen LogP contribution >= 0.6 is 11.9 Å². The van der Waals surface area contributed by atoms with Crippen molar-refractivity contribution < 1.29 is 4.66 Å². The van der Waals surface area contributed by atoms with Crippen molar-refractivity contribution in [1.82, 2.24) is 0 Å². The zero-order chi connectivity index (χ0) is 11.9. The Morgan fingerprint density at radius 3 is 1.20 bits per heavy atom. The van der Waals surface area contributed by atoms with Gasteiger partial charge in [-0.15, -0.1) is 0 Å². The molecule has 0 aromatic heterocycles. The first-order valence-corrected chi connectivity index (χ1v) is 6.85. The highest BCUT2D eigenvalue weighted by Gasteiger charge is 2.06. The van der Waals surface area contributed by atoms with Gasteiger partial charge in [-0.1, -0.05) is 78.6 Å². The summed E-state index contributed by atoms with van der Waals surface area (Å²) >= 11 is 3.64. The molecule has 0 unspecified atom stereocenters. The molecule has 0 saturated carbocycles. The highest BCUT2D eigenvalue weighted by Crippen LogP contribution is 2.21. The van der Waals surface area contributed by atoms with E-state index in [0.29, 0.717) is 0 Å². The standard InChI is InChI=1S/C13H28.ClHO/c1-4-7-10-13(11-8-5-2)12-9-6-3;1-2/h13H,4-12H2,1-3H3;2H. The van der Waals surface area contributed by atoms with Crippen LogP contribution in [0.25, 0.3) is 0 Å². The van der Waals surface area contributed by atoms with Crippen molar-refractivity contribution in [2.45, 2.75) is 78.6 Å². The van der Waals surface area contributed by atoms with E-state index < -0.39 is 0 Å². The smallest absolute Gasteiger partial charge is 0.0579 e. The maximum atomic E-state index is 6.47. The molecule has 0 heterocycles. The molecule has 0 saturated heterocycles. The molecule has 0 aliphatic carbocycles. The lowest BCUT2D eigenvalue weighted by Crippen LogP contribution is -2.00. The quantitative estimate of drug-likeness (QED) is 0.576. The number of hydrogen-bond donors (Lipinski definition) is 1. The van der Waals surface area contributed by atoms with E-state index in [1.165, 1.54) is 57.8 Å². The second-order valence-electron chi connectivity index (χ2n) is 4.29. The Morgan fingerprint density at radius 2 is 1.00 bits per heavy atom. The fraction of sp³-hybridized carbons (Fsp3) is 1.00. The third kappa shape index (κ3) is 14.2. The van der Waals surface area contributed by atoms with Gasteiger partial charge < -0.3 is 0 Å². The molecule has 0 atom stereocenters. The topological polar surface area (TPSA) is 20.2 Å². The highest BCUT2D eigenvalue weighted by molar-refractivity contribution is 6.04. The van der Waals surface area contributed by atoms with Crippen LogP contribution in [0.1, 0.15) is 78.6 Å². The lowest BCUT2D eigenvalue weighted by Gasteiger charge is -2.15. The zero-order valence-corrected chi connectivity index (χ0v) is 11.5. The van der Waals surface area contributed by atoms with E-state index in [1.807, 2.05) is 0 Å². The van der Waals surface area contributed by atoms with Crippen molar-refractivity contribution in [1.29, 1.82) is 0 Å². The number of halogens is 1. The highest BCUT2D eigenvalue weighted by atomic mass is 35.5. The summed E-state index contributed by atoms with van der Waals surface area (Å²) in [6.45, 7) is 6.91. The Kier molecular flexibility index (Phi) is 19.6. The second kappa shape index (κ2) is 16.7. The maximum Gasteiger partial charge on any atom is 0.0579 e. The van der Waals surface area contributed by atoms with Gasteiger partial charge in [-0.3, -0.25) is 4.66 Å². The molecule has 1 N–H and O–H groups in total. The van der Waals surface area contributed by atoms with Crippen LogP contribution in [0.3, 0.4) is 0 Å². The summed E-state index contributed by atoms with van der Waals surface area (Å²) in [6, 6.07) is 0.